The summed E-state index contributed by atoms with van der Waals surface area (Å²) in [6.45, 7) is 5.95. The number of amides is 1. The van der Waals surface area contributed by atoms with Gasteiger partial charge in [0, 0.05) is 23.2 Å². The molecule has 0 saturated carbocycles. The van der Waals surface area contributed by atoms with E-state index in [-0.39, 0.29) is 24.6 Å². The second kappa shape index (κ2) is 8.22. The van der Waals surface area contributed by atoms with E-state index in [0.717, 1.165) is 5.56 Å². The van der Waals surface area contributed by atoms with Crippen molar-refractivity contribution in [1.29, 1.82) is 0 Å². The topological polar surface area (TPSA) is 102 Å². The van der Waals surface area contributed by atoms with Crippen molar-refractivity contribution in [2.24, 2.45) is 0 Å². The van der Waals surface area contributed by atoms with Crippen molar-refractivity contribution in [1.82, 2.24) is 15.0 Å². The van der Waals surface area contributed by atoms with E-state index in [1.54, 1.807) is 17.0 Å². The number of rotatable bonds is 6. The summed E-state index contributed by atoms with van der Waals surface area (Å²) >= 11 is 0. The lowest BCUT2D eigenvalue weighted by atomic mass is 10.0. The summed E-state index contributed by atoms with van der Waals surface area (Å²) in [5.41, 5.74) is 1.06. The Morgan fingerprint density at radius 3 is 2.34 bits per heavy atom. The minimum absolute atomic E-state index is 0.00632. The summed E-state index contributed by atoms with van der Waals surface area (Å²) in [4.78, 5) is 29.4. The van der Waals surface area contributed by atoms with Crippen LogP contribution in [0, 0.1) is 10.1 Å². The minimum Gasteiger partial charge on any atom is -0.337 e. The van der Waals surface area contributed by atoms with Gasteiger partial charge in [0.1, 0.15) is 6.54 Å². The van der Waals surface area contributed by atoms with E-state index in [9.17, 15) is 14.9 Å². The van der Waals surface area contributed by atoms with Crippen LogP contribution in [0.2, 0.25) is 0 Å². The number of carbonyl (C=O) groups excluding carboxylic acids is 1. The van der Waals surface area contributed by atoms with Gasteiger partial charge in [-0.1, -0.05) is 47.6 Å². The number of hydrogen-bond acceptors (Lipinski definition) is 6. The first-order valence-electron chi connectivity index (χ1n) is 9.16. The molecule has 150 valence electrons. The molecule has 2 aromatic carbocycles. The van der Waals surface area contributed by atoms with Crippen molar-refractivity contribution in [3.05, 3.63) is 76.2 Å². The highest BCUT2D eigenvalue weighted by Gasteiger charge is 2.28. The molecule has 1 aromatic heterocycles. The molecule has 3 aromatic rings. The number of hydrogen-bond donors (Lipinski definition) is 0. The zero-order chi connectivity index (χ0) is 21.0. The predicted molar refractivity (Wildman–Crippen MR) is 107 cm³/mol. The Balaban J connectivity index is 1.75. The molecule has 0 radical (unpaired) electrons. The van der Waals surface area contributed by atoms with Crippen LogP contribution in [-0.2, 0) is 17.8 Å². The maximum atomic E-state index is 13.0. The van der Waals surface area contributed by atoms with E-state index in [4.69, 9.17) is 4.52 Å². The molecule has 1 heterocycles. The van der Waals surface area contributed by atoms with E-state index in [0.29, 0.717) is 17.3 Å². The molecule has 29 heavy (non-hydrogen) atoms. The lowest BCUT2D eigenvalue weighted by molar-refractivity contribution is -0.384. The highest BCUT2D eigenvalue weighted by molar-refractivity contribution is 5.79. The molecule has 1 amide bonds. The third kappa shape index (κ3) is 5.04. The van der Waals surface area contributed by atoms with Crippen LogP contribution in [-0.4, -0.2) is 31.4 Å². The molecule has 0 aliphatic rings. The number of non-ortho nitro benzene ring substituents is 1. The van der Waals surface area contributed by atoms with Gasteiger partial charge in [0.25, 0.3) is 5.69 Å². The number of aromatic nitrogens is 2. The molecule has 0 saturated heterocycles. The molecule has 8 nitrogen and oxygen atoms in total. The van der Waals surface area contributed by atoms with Crippen LogP contribution in [0.3, 0.4) is 0 Å². The zero-order valence-electron chi connectivity index (χ0n) is 16.5. The zero-order valence-corrected chi connectivity index (χ0v) is 16.5. The Morgan fingerprint density at radius 1 is 1.10 bits per heavy atom. The van der Waals surface area contributed by atoms with Crippen LogP contribution < -0.4 is 0 Å². The summed E-state index contributed by atoms with van der Waals surface area (Å²) in [5, 5.41) is 14.8. The first kappa shape index (κ1) is 20.2. The van der Waals surface area contributed by atoms with Gasteiger partial charge in [-0.25, -0.2) is 0 Å². The second-order valence-corrected chi connectivity index (χ2v) is 7.63. The number of nitro groups is 1. The van der Waals surface area contributed by atoms with Gasteiger partial charge in [-0.15, -0.1) is 0 Å². The average Bonchev–Trinajstić information content (AvgIpc) is 3.15. The van der Waals surface area contributed by atoms with E-state index in [2.05, 4.69) is 10.1 Å². The summed E-state index contributed by atoms with van der Waals surface area (Å²) in [6, 6.07) is 15.4. The monoisotopic (exact) mass is 394 g/mol. The van der Waals surface area contributed by atoms with Crippen molar-refractivity contribution in [2.75, 3.05) is 0 Å². The Labute approximate surface area is 168 Å². The smallest absolute Gasteiger partial charge is 0.269 e. The highest BCUT2D eigenvalue weighted by atomic mass is 16.6. The fourth-order valence-electron chi connectivity index (χ4n) is 2.86. The molecular formula is C21H22N4O4. The Bertz CT molecular complexity index is 992. The molecule has 3 rings (SSSR count). The number of nitro benzene ring substituents is 1. The standard InChI is InChI=1S/C21H22N4O4/c1-21(2,3)24(19(26)13-15-9-11-17(12-10-15)25(27)28)14-18-22-20(23-29-18)16-7-5-4-6-8-16/h4-12H,13-14H2,1-3H3. The summed E-state index contributed by atoms with van der Waals surface area (Å²) in [6.07, 6.45) is 0.120. The summed E-state index contributed by atoms with van der Waals surface area (Å²) in [7, 11) is 0. The van der Waals surface area contributed by atoms with Crippen LogP contribution in [0.4, 0.5) is 5.69 Å². The van der Waals surface area contributed by atoms with Crippen molar-refractivity contribution in [3.63, 3.8) is 0 Å². The van der Waals surface area contributed by atoms with Crippen LogP contribution in [0.1, 0.15) is 32.2 Å². The third-order valence-corrected chi connectivity index (χ3v) is 4.41. The van der Waals surface area contributed by atoms with Crippen molar-refractivity contribution < 1.29 is 14.2 Å². The van der Waals surface area contributed by atoms with Crippen LogP contribution >= 0.6 is 0 Å². The molecule has 0 N–H and O–H groups in total. The third-order valence-electron chi connectivity index (χ3n) is 4.41. The molecule has 0 aliphatic heterocycles. The Hall–Kier alpha value is -3.55. The first-order chi connectivity index (χ1) is 13.7. The van der Waals surface area contributed by atoms with Gasteiger partial charge in [0.2, 0.25) is 17.6 Å². The fourth-order valence-corrected chi connectivity index (χ4v) is 2.86. The van der Waals surface area contributed by atoms with Gasteiger partial charge in [-0.3, -0.25) is 14.9 Å². The lowest BCUT2D eigenvalue weighted by Gasteiger charge is -2.34. The lowest BCUT2D eigenvalue weighted by Crippen LogP contribution is -2.45. The molecule has 0 atom stereocenters. The van der Waals surface area contributed by atoms with Gasteiger partial charge in [-0.05, 0) is 26.3 Å². The van der Waals surface area contributed by atoms with Crippen molar-refractivity contribution in [2.45, 2.75) is 39.3 Å². The van der Waals surface area contributed by atoms with Crippen LogP contribution in [0.25, 0.3) is 11.4 Å². The highest BCUT2D eigenvalue weighted by Crippen LogP contribution is 2.21. The average molecular weight is 394 g/mol. The van der Waals surface area contributed by atoms with Gasteiger partial charge >= 0.3 is 0 Å². The van der Waals surface area contributed by atoms with E-state index < -0.39 is 10.5 Å². The van der Waals surface area contributed by atoms with Crippen LogP contribution in [0.15, 0.2) is 59.1 Å². The van der Waals surface area contributed by atoms with Gasteiger partial charge in [0.15, 0.2) is 0 Å². The SMILES string of the molecule is CC(C)(C)N(Cc1nc(-c2ccccc2)no1)C(=O)Cc1ccc([N+](=O)[O-])cc1. The summed E-state index contributed by atoms with van der Waals surface area (Å²) < 4.78 is 5.36. The second-order valence-electron chi connectivity index (χ2n) is 7.63. The van der Waals surface area contributed by atoms with Gasteiger partial charge in [0.05, 0.1) is 11.3 Å². The van der Waals surface area contributed by atoms with Gasteiger partial charge < -0.3 is 9.42 Å². The molecule has 0 fully saturated rings. The van der Waals surface area contributed by atoms with Gasteiger partial charge in [-0.2, -0.15) is 4.98 Å². The maximum absolute atomic E-state index is 13.0. The van der Waals surface area contributed by atoms with E-state index >= 15 is 0 Å². The minimum atomic E-state index is -0.473. The number of nitrogens with zero attached hydrogens (tertiary/aromatic N) is 4. The number of carbonyl (C=O) groups is 1. The maximum Gasteiger partial charge on any atom is 0.269 e. The van der Waals surface area contributed by atoms with Crippen molar-refractivity contribution in [3.8, 4) is 11.4 Å². The quantitative estimate of drug-likeness (QED) is 0.462. The molecular weight excluding hydrogens is 372 g/mol. The molecule has 0 unspecified atom stereocenters. The van der Waals surface area contributed by atoms with Crippen molar-refractivity contribution >= 4 is 11.6 Å². The molecule has 0 bridgehead atoms. The van der Waals surface area contributed by atoms with Crippen LogP contribution in [0.5, 0.6) is 0 Å². The Kier molecular flexibility index (Phi) is 5.72. The summed E-state index contributed by atoms with van der Waals surface area (Å²) in [5.74, 6) is 0.680. The molecule has 0 aliphatic carbocycles. The number of benzene rings is 2. The molecule has 8 heteroatoms. The predicted octanol–water partition coefficient (Wildman–Crippen LogP) is 4.01. The van der Waals surface area contributed by atoms with E-state index in [1.807, 2.05) is 51.1 Å². The largest absolute Gasteiger partial charge is 0.337 e. The molecule has 0 spiro atoms. The fraction of sp³-hybridized carbons (Fsp3) is 0.286. The Morgan fingerprint density at radius 2 is 1.76 bits per heavy atom. The normalized spacial score (nSPS) is 11.3. The first-order valence-corrected chi connectivity index (χ1v) is 9.16. The van der Waals surface area contributed by atoms with E-state index in [1.165, 1.54) is 12.1 Å².